The van der Waals surface area contributed by atoms with Crippen LogP contribution in [0.15, 0.2) is 24.5 Å². The maximum absolute atomic E-state index is 4.52. The van der Waals surface area contributed by atoms with Gasteiger partial charge in [0, 0.05) is 36.9 Å². The molecule has 0 radical (unpaired) electrons. The van der Waals surface area contributed by atoms with E-state index >= 15 is 0 Å². The van der Waals surface area contributed by atoms with Crippen molar-refractivity contribution in [2.45, 2.75) is 46.8 Å². The van der Waals surface area contributed by atoms with Crippen molar-refractivity contribution < 1.29 is 0 Å². The SMILES string of the molecule is CC(C)Cn1cc(CNC(C)C)c2cccnc21. The van der Waals surface area contributed by atoms with Gasteiger partial charge in [0.15, 0.2) is 0 Å². The quantitative estimate of drug-likeness (QED) is 0.876. The number of aromatic nitrogens is 2. The van der Waals surface area contributed by atoms with Crippen LogP contribution < -0.4 is 5.32 Å². The molecular weight excluding hydrogens is 222 g/mol. The fourth-order valence-electron chi connectivity index (χ4n) is 2.18. The first kappa shape index (κ1) is 13.1. The molecule has 0 saturated carbocycles. The van der Waals surface area contributed by atoms with E-state index in [1.54, 1.807) is 0 Å². The molecule has 2 aromatic heterocycles. The second-order valence-corrected chi connectivity index (χ2v) is 5.61. The molecule has 0 aromatic carbocycles. The zero-order chi connectivity index (χ0) is 13.1. The van der Waals surface area contributed by atoms with Gasteiger partial charge in [-0.15, -0.1) is 0 Å². The molecule has 2 aromatic rings. The van der Waals surface area contributed by atoms with Gasteiger partial charge in [0.2, 0.25) is 0 Å². The first-order valence-electron chi connectivity index (χ1n) is 6.74. The van der Waals surface area contributed by atoms with Gasteiger partial charge in [-0.25, -0.2) is 4.98 Å². The van der Waals surface area contributed by atoms with Crippen LogP contribution in [0.25, 0.3) is 11.0 Å². The Labute approximate surface area is 109 Å². The highest BCUT2D eigenvalue weighted by atomic mass is 15.0. The molecule has 18 heavy (non-hydrogen) atoms. The van der Waals surface area contributed by atoms with Gasteiger partial charge in [-0.2, -0.15) is 0 Å². The number of rotatable bonds is 5. The van der Waals surface area contributed by atoms with E-state index in [9.17, 15) is 0 Å². The Morgan fingerprint density at radius 2 is 2.06 bits per heavy atom. The third-order valence-electron chi connectivity index (χ3n) is 2.98. The summed E-state index contributed by atoms with van der Waals surface area (Å²) in [6.07, 6.45) is 4.12. The summed E-state index contributed by atoms with van der Waals surface area (Å²) in [5, 5.41) is 4.75. The summed E-state index contributed by atoms with van der Waals surface area (Å²) in [4.78, 5) is 4.52. The second-order valence-electron chi connectivity index (χ2n) is 5.61. The Balaban J connectivity index is 2.34. The third kappa shape index (κ3) is 2.91. The molecule has 0 spiro atoms. The van der Waals surface area contributed by atoms with Gasteiger partial charge < -0.3 is 9.88 Å². The van der Waals surface area contributed by atoms with E-state index in [1.165, 1.54) is 10.9 Å². The largest absolute Gasteiger partial charge is 0.332 e. The maximum Gasteiger partial charge on any atom is 0.140 e. The van der Waals surface area contributed by atoms with Crippen LogP contribution in [0.2, 0.25) is 0 Å². The zero-order valence-corrected chi connectivity index (χ0v) is 11.8. The lowest BCUT2D eigenvalue weighted by atomic mass is 10.2. The number of nitrogens with one attached hydrogen (secondary N) is 1. The highest BCUT2D eigenvalue weighted by Gasteiger charge is 2.10. The average molecular weight is 245 g/mol. The molecular formula is C15H23N3. The molecule has 0 aliphatic carbocycles. The molecule has 0 atom stereocenters. The van der Waals surface area contributed by atoms with Gasteiger partial charge in [0.05, 0.1) is 0 Å². The Bertz CT molecular complexity index is 511. The standard InChI is InChI=1S/C15H23N3/c1-11(2)9-18-10-13(8-17-12(3)4)14-6-5-7-16-15(14)18/h5-7,10-12,17H,8-9H2,1-4H3. The monoisotopic (exact) mass is 245 g/mol. The lowest BCUT2D eigenvalue weighted by Gasteiger charge is -2.07. The van der Waals surface area contributed by atoms with E-state index in [1.807, 2.05) is 12.3 Å². The molecule has 0 aliphatic heterocycles. The van der Waals surface area contributed by atoms with Crippen LogP contribution in [0.3, 0.4) is 0 Å². The van der Waals surface area contributed by atoms with E-state index < -0.39 is 0 Å². The molecule has 0 saturated heterocycles. The highest BCUT2D eigenvalue weighted by Crippen LogP contribution is 2.20. The summed E-state index contributed by atoms with van der Waals surface area (Å²) in [5.41, 5.74) is 2.44. The minimum Gasteiger partial charge on any atom is -0.332 e. The summed E-state index contributed by atoms with van der Waals surface area (Å²) < 4.78 is 2.28. The predicted octanol–water partition coefficient (Wildman–Crippen LogP) is 3.19. The van der Waals surface area contributed by atoms with Gasteiger partial charge in [-0.05, 0) is 23.6 Å². The average Bonchev–Trinajstić information content (AvgIpc) is 2.65. The normalized spacial score (nSPS) is 11.9. The molecule has 3 heteroatoms. The smallest absolute Gasteiger partial charge is 0.140 e. The van der Waals surface area contributed by atoms with Gasteiger partial charge in [0.25, 0.3) is 0 Å². The second kappa shape index (κ2) is 5.53. The van der Waals surface area contributed by atoms with Gasteiger partial charge in [-0.1, -0.05) is 27.7 Å². The van der Waals surface area contributed by atoms with Crippen molar-refractivity contribution in [1.29, 1.82) is 0 Å². The molecule has 0 amide bonds. The number of hydrogen-bond acceptors (Lipinski definition) is 2. The molecule has 1 N–H and O–H groups in total. The predicted molar refractivity (Wildman–Crippen MR) is 76.5 cm³/mol. The molecule has 2 rings (SSSR count). The zero-order valence-electron chi connectivity index (χ0n) is 11.8. The summed E-state index contributed by atoms with van der Waals surface area (Å²) in [6.45, 7) is 10.7. The number of nitrogens with zero attached hydrogens (tertiary/aromatic N) is 2. The Morgan fingerprint density at radius 3 is 2.72 bits per heavy atom. The topological polar surface area (TPSA) is 29.9 Å². The van der Waals surface area contributed by atoms with Crippen molar-refractivity contribution >= 4 is 11.0 Å². The van der Waals surface area contributed by atoms with Crippen molar-refractivity contribution in [3.63, 3.8) is 0 Å². The van der Waals surface area contributed by atoms with E-state index in [4.69, 9.17) is 0 Å². The summed E-state index contributed by atoms with van der Waals surface area (Å²) >= 11 is 0. The van der Waals surface area contributed by atoms with Crippen LogP contribution in [-0.2, 0) is 13.1 Å². The molecule has 2 heterocycles. The van der Waals surface area contributed by atoms with Crippen molar-refractivity contribution in [2.24, 2.45) is 5.92 Å². The Kier molecular flexibility index (Phi) is 4.02. The molecule has 98 valence electrons. The molecule has 0 aliphatic rings. The number of hydrogen-bond donors (Lipinski definition) is 1. The van der Waals surface area contributed by atoms with Crippen LogP contribution in [0, 0.1) is 5.92 Å². The third-order valence-corrected chi connectivity index (χ3v) is 2.98. The van der Waals surface area contributed by atoms with E-state index in [-0.39, 0.29) is 0 Å². The lowest BCUT2D eigenvalue weighted by Crippen LogP contribution is -2.21. The van der Waals surface area contributed by atoms with Gasteiger partial charge in [0.1, 0.15) is 5.65 Å². The van der Waals surface area contributed by atoms with Crippen molar-refractivity contribution in [3.8, 4) is 0 Å². The molecule has 3 nitrogen and oxygen atoms in total. The molecule has 0 fully saturated rings. The fourth-order valence-corrected chi connectivity index (χ4v) is 2.18. The maximum atomic E-state index is 4.52. The summed E-state index contributed by atoms with van der Waals surface area (Å²) in [5.74, 6) is 0.633. The summed E-state index contributed by atoms with van der Waals surface area (Å²) in [6, 6.07) is 4.68. The molecule has 0 bridgehead atoms. The van der Waals surface area contributed by atoms with E-state index in [2.05, 4.69) is 54.8 Å². The summed E-state index contributed by atoms with van der Waals surface area (Å²) in [7, 11) is 0. The van der Waals surface area contributed by atoms with Crippen LogP contribution in [-0.4, -0.2) is 15.6 Å². The lowest BCUT2D eigenvalue weighted by molar-refractivity contribution is 0.530. The Hall–Kier alpha value is -1.35. The van der Waals surface area contributed by atoms with Gasteiger partial charge >= 0.3 is 0 Å². The Morgan fingerprint density at radius 1 is 1.28 bits per heavy atom. The van der Waals surface area contributed by atoms with Crippen molar-refractivity contribution in [1.82, 2.24) is 14.9 Å². The van der Waals surface area contributed by atoms with Crippen LogP contribution in [0.4, 0.5) is 0 Å². The van der Waals surface area contributed by atoms with E-state index in [0.717, 1.165) is 18.7 Å². The van der Waals surface area contributed by atoms with Crippen LogP contribution >= 0.6 is 0 Å². The van der Waals surface area contributed by atoms with Gasteiger partial charge in [-0.3, -0.25) is 0 Å². The number of pyridine rings is 1. The minimum atomic E-state index is 0.505. The van der Waals surface area contributed by atoms with Crippen molar-refractivity contribution in [2.75, 3.05) is 0 Å². The first-order chi connectivity index (χ1) is 8.58. The fraction of sp³-hybridized carbons (Fsp3) is 0.533. The first-order valence-corrected chi connectivity index (χ1v) is 6.74. The highest BCUT2D eigenvalue weighted by molar-refractivity contribution is 5.80. The van der Waals surface area contributed by atoms with Crippen LogP contribution in [0.5, 0.6) is 0 Å². The van der Waals surface area contributed by atoms with Crippen molar-refractivity contribution in [3.05, 3.63) is 30.1 Å². The number of fused-ring (bicyclic) bond motifs is 1. The molecule has 0 unspecified atom stereocenters. The van der Waals surface area contributed by atoms with Crippen LogP contribution in [0.1, 0.15) is 33.3 Å². The minimum absolute atomic E-state index is 0.505. The van der Waals surface area contributed by atoms with E-state index in [0.29, 0.717) is 12.0 Å².